The summed E-state index contributed by atoms with van der Waals surface area (Å²) >= 11 is 6.18. The molecule has 28 heavy (non-hydrogen) atoms. The van der Waals surface area contributed by atoms with Crippen LogP contribution in [-0.2, 0) is 6.18 Å². The number of fused-ring (bicyclic) bond motifs is 1. The van der Waals surface area contributed by atoms with E-state index < -0.39 is 11.7 Å². The summed E-state index contributed by atoms with van der Waals surface area (Å²) in [6, 6.07) is 10.8. The van der Waals surface area contributed by atoms with Gasteiger partial charge < -0.3 is 15.0 Å². The third-order valence-electron chi connectivity index (χ3n) is 4.08. The molecule has 0 radical (unpaired) electrons. The Hall–Kier alpha value is -2.51. The molecule has 0 fully saturated rings. The Morgan fingerprint density at radius 1 is 1.14 bits per heavy atom. The van der Waals surface area contributed by atoms with Gasteiger partial charge in [0.25, 0.3) is 0 Å². The highest BCUT2D eigenvalue weighted by Gasteiger charge is 2.33. The van der Waals surface area contributed by atoms with Gasteiger partial charge in [0.05, 0.1) is 16.1 Å². The highest BCUT2D eigenvalue weighted by molar-refractivity contribution is 6.32. The number of rotatable bonds is 6. The first-order valence-electron chi connectivity index (χ1n) is 8.55. The zero-order valence-corrected chi connectivity index (χ0v) is 16.1. The van der Waals surface area contributed by atoms with Gasteiger partial charge in [-0.2, -0.15) is 13.2 Å². The second-order valence-electron chi connectivity index (χ2n) is 6.48. The van der Waals surface area contributed by atoms with Crippen LogP contribution < -0.4 is 10.1 Å². The summed E-state index contributed by atoms with van der Waals surface area (Å²) in [7, 11) is 3.87. The van der Waals surface area contributed by atoms with Crippen LogP contribution in [0.2, 0.25) is 5.02 Å². The number of anilines is 2. The van der Waals surface area contributed by atoms with Crippen molar-refractivity contribution in [2.75, 3.05) is 32.6 Å². The lowest BCUT2D eigenvalue weighted by Crippen LogP contribution is -2.19. The SMILES string of the molecule is CN(C)CCOc1cc(Nc2ccnc3c(C(F)(F)F)cccc23)ccc1Cl. The van der Waals surface area contributed by atoms with Crippen molar-refractivity contribution >= 4 is 33.9 Å². The van der Waals surface area contributed by atoms with Crippen LogP contribution in [0.5, 0.6) is 5.75 Å². The quantitative estimate of drug-likeness (QED) is 0.575. The minimum absolute atomic E-state index is 0.101. The van der Waals surface area contributed by atoms with Gasteiger partial charge in [-0.1, -0.05) is 23.7 Å². The Kier molecular flexibility index (Phi) is 5.96. The van der Waals surface area contributed by atoms with Gasteiger partial charge >= 0.3 is 6.18 Å². The average molecular weight is 410 g/mol. The summed E-state index contributed by atoms with van der Waals surface area (Å²) in [5.74, 6) is 0.503. The van der Waals surface area contributed by atoms with Crippen LogP contribution in [0.25, 0.3) is 10.9 Å². The summed E-state index contributed by atoms with van der Waals surface area (Å²) in [5.41, 5.74) is 0.292. The van der Waals surface area contributed by atoms with Crippen LogP contribution in [-0.4, -0.2) is 37.1 Å². The lowest BCUT2D eigenvalue weighted by atomic mass is 10.1. The molecule has 0 atom stereocenters. The molecular weight excluding hydrogens is 391 g/mol. The molecule has 3 rings (SSSR count). The minimum atomic E-state index is -4.47. The van der Waals surface area contributed by atoms with Crippen molar-refractivity contribution in [1.29, 1.82) is 0 Å². The second kappa shape index (κ2) is 8.24. The molecule has 0 unspecified atom stereocenters. The zero-order valence-electron chi connectivity index (χ0n) is 15.3. The van der Waals surface area contributed by atoms with E-state index in [9.17, 15) is 13.2 Å². The number of benzene rings is 2. The topological polar surface area (TPSA) is 37.4 Å². The van der Waals surface area contributed by atoms with Gasteiger partial charge in [0.2, 0.25) is 0 Å². The number of aromatic nitrogens is 1. The fourth-order valence-corrected chi connectivity index (χ4v) is 2.87. The number of nitrogens with zero attached hydrogens (tertiary/aromatic N) is 2. The number of alkyl halides is 3. The smallest absolute Gasteiger partial charge is 0.418 e. The Morgan fingerprint density at radius 2 is 1.93 bits per heavy atom. The predicted octanol–water partition coefficient (Wildman–Crippen LogP) is 5.59. The van der Waals surface area contributed by atoms with E-state index in [0.29, 0.717) is 34.1 Å². The standard InChI is InChI=1S/C20H19ClF3N3O/c1-27(2)10-11-28-18-12-13(6-7-16(18)21)26-17-8-9-25-19-14(17)4-3-5-15(19)20(22,23)24/h3-9,12H,10-11H2,1-2H3,(H,25,26). The van der Waals surface area contributed by atoms with E-state index in [1.807, 2.05) is 19.0 Å². The Balaban J connectivity index is 1.91. The van der Waals surface area contributed by atoms with E-state index in [1.54, 1.807) is 30.3 Å². The number of para-hydroxylation sites is 1. The maximum absolute atomic E-state index is 13.3. The van der Waals surface area contributed by atoms with Crippen LogP contribution >= 0.6 is 11.6 Å². The van der Waals surface area contributed by atoms with Crippen molar-refractivity contribution < 1.29 is 17.9 Å². The molecule has 0 aliphatic heterocycles. The highest BCUT2D eigenvalue weighted by atomic mass is 35.5. The normalized spacial score (nSPS) is 11.8. The second-order valence-corrected chi connectivity index (χ2v) is 6.89. The van der Waals surface area contributed by atoms with E-state index in [4.69, 9.17) is 16.3 Å². The Labute approximate surface area is 165 Å². The largest absolute Gasteiger partial charge is 0.491 e. The van der Waals surface area contributed by atoms with Gasteiger partial charge in [-0.05, 0) is 38.4 Å². The van der Waals surface area contributed by atoms with Crippen molar-refractivity contribution in [2.45, 2.75) is 6.18 Å². The first-order valence-corrected chi connectivity index (χ1v) is 8.92. The minimum Gasteiger partial charge on any atom is -0.491 e. The molecule has 2 aromatic carbocycles. The molecular formula is C20H19ClF3N3O. The van der Waals surface area contributed by atoms with Crippen LogP contribution in [0.15, 0.2) is 48.7 Å². The lowest BCUT2D eigenvalue weighted by Gasteiger charge is -2.15. The van der Waals surface area contributed by atoms with E-state index >= 15 is 0 Å². The predicted molar refractivity (Wildman–Crippen MR) is 106 cm³/mol. The molecule has 0 saturated carbocycles. The molecule has 3 aromatic rings. The molecule has 4 nitrogen and oxygen atoms in total. The molecule has 0 aliphatic rings. The molecule has 0 amide bonds. The van der Waals surface area contributed by atoms with Crippen molar-refractivity contribution in [3.63, 3.8) is 0 Å². The van der Waals surface area contributed by atoms with Gasteiger partial charge in [0.15, 0.2) is 0 Å². The molecule has 1 N–H and O–H groups in total. The van der Waals surface area contributed by atoms with Crippen LogP contribution in [0.1, 0.15) is 5.56 Å². The van der Waals surface area contributed by atoms with Gasteiger partial charge in [-0.25, -0.2) is 0 Å². The van der Waals surface area contributed by atoms with Gasteiger partial charge in [-0.15, -0.1) is 0 Å². The molecule has 0 saturated heterocycles. The van der Waals surface area contributed by atoms with E-state index in [0.717, 1.165) is 12.6 Å². The summed E-state index contributed by atoms with van der Waals surface area (Å²) < 4.78 is 45.5. The molecule has 0 bridgehead atoms. The van der Waals surface area contributed by atoms with Gasteiger partial charge in [0, 0.05) is 35.6 Å². The van der Waals surface area contributed by atoms with Gasteiger partial charge in [-0.3, -0.25) is 4.98 Å². The summed E-state index contributed by atoms with van der Waals surface area (Å²) in [4.78, 5) is 5.91. The number of ether oxygens (including phenoxy) is 1. The maximum Gasteiger partial charge on any atom is 0.418 e. The maximum atomic E-state index is 13.3. The first-order chi connectivity index (χ1) is 13.3. The number of pyridine rings is 1. The van der Waals surface area contributed by atoms with Crippen LogP contribution in [0.3, 0.4) is 0 Å². The fourth-order valence-electron chi connectivity index (χ4n) is 2.70. The summed E-state index contributed by atoms with van der Waals surface area (Å²) in [6.45, 7) is 1.19. The van der Waals surface area contributed by atoms with Crippen molar-refractivity contribution in [3.05, 3.63) is 59.2 Å². The lowest BCUT2D eigenvalue weighted by molar-refractivity contribution is -0.136. The molecule has 8 heteroatoms. The number of nitrogens with one attached hydrogen (secondary N) is 1. The molecule has 0 aliphatic carbocycles. The molecule has 1 aromatic heterocycles. The molecule has 148 valence electrons. The third-order valence-corrected chi connectivity index (χ3v) is 4.39. The average Bonchev–Trinajstić information content (AvgIpc) is 2.63. The Bertz CT molecular complexity index is 977. The zero-order chi connectivity index (χ0) is 20.3. The van der Waals surface area contributed by atoms with E-state index in [2.05, 4.69) is 10.3 Å². The Morgan fingerprint density at radius 3 is 2.64 bits per heavy atom. The molecule has 1 heterocycles. The van der Waals surface area contributed by atoms with Crippen molar-refractivity contribution in [1.82, 2.24) is 9.88 Å². The first kappa shape index (κ1) is 20.2. The van der Waals surface area contributed by atoms with Crippen molar-refractivity contribution in [3.8, 4) is 5.75 Å². The summed E-state index contributed by atoms with van der Waals surface area (Å²) in [6.07, 6.45) is -3.12. The number of hydrogen-bond donors (Lipinski definition) is 1. The van der Waals surface area contributed by atoms with E-state index in [-0.39, 0.29) is 5.52 Å². The number of likely N-dealkylation sites (N-methyl/N-ethyl adjacent to an activating group) is 1. The fraction of sp³-hybridized carbons (Fsp3) is 0.250. The number of hydrogen-bond acceptors (Lipinski definition) is 4. The van der Waals surface area contributed by atoms with Crippen molar-refractivity contribution in [2.24, 2.45) is 0 Å². The highest BCUT2D eigenvalue weighted by Crippen LogP contribution is 2.37. The third kappa shape index (κ3) is 4.66. The summed E-state index contributed by atoms with van der Waals surface area (Å²) in [5, 5.41) is 3.97. The van der Waals surface area contributed by atoms with E-state index in [1.165, 1.54) is 12.3 Å². The monoisotopic (exact) mass is 409 g/mol. The number of halogens is 4. The van der Waals surface area contributed by atoms with Crippen LogP contribution in [0.4, 0.5) is 24.5 Å². The van der Waals surface area contributed by atoms with Crippen LogP contribution in [0, 0.1) is 0 Å². The van der Waals surface area contributed by atoms with Gasteiger partial charge in [0.1, 0.15) is 12.4 Å². The molecule has 0 spiro atoms.